The van der Waals surface area contributed by atoms with E-state index in [1.165, 1.54) is 18.2 Å². The van der Waals surface area contributed by atoms with Gasteiger partial charge in [0, 0.05) is 18.9 Å². The number of aromatic hydroxyl groups is 1. The summed E-state index contributed by atoms with van der Waals surface area (Å²) in [6.07, 6.45) is 7.99. The van der Waals surface area contributed by atoms with E-state index in [9.17, 15) is 14.4 Å². The van der Waals surface area contributed by atoms with Gasteiger partial charge in [0.2, 0.25) is 0 Å². The van der Waals surface area contributed by atoms with E-state index in [-0.39, 0.29) is 11.3 Å². The molecular formula is C38H35N5O6. The van der Waals surface area contributed by atoms with Crippen molar-refractivity contribution in [3.63, 3.8) is 0 Å². The third-order valence-electron chi connectivity index (χ3n) is 7.29. The fraction of sp³-hybridized carbons (Fsp3) is 0.0263. The molecule has 248 valence electrons. The minimum atomic E-state index is -1.16. The second-order valence-electron chi connectivity index (χ2n) is 10.3. The third kappa shape index (κ3) is 8.12. The van der Waals surface area contributed by atoms with Crippen LogP contribution in [0.2, 0.25) is 0 Å². The Balaban J connectivity index is 0.000000167. The Kier molecular flexibility index (Phi) is 11.5. The van der Waals surface area contributed by atoms with Crippen LogP contribution >= 0.6 is 0 Å². The van der Waals surface area contributed by atoms with Gasteiger partial charge in [-0.1, -0.05) is 97.1 Å². The molecule has 0 saturated carbocycles. The summed E-state index contributed by atoms with van der Waals surface area (Å²) in [5.74, 6) is -1.47. The predicted molar refractivity (Wildman–Crippen MR) is 195 cm³/mol. The molecule has 0 aliphatic carbocycles. The SMILES string of the molecule is CO.NC(=O)N1c2ccccc2C=Cc2ccccc21.NC(=O)N1c2ccccc2C=Cc2ccccc21.Nc1ccc(C(=O)O)c(O)c1. The van der Waals surface area contributed by atoms with Crippen LogP contribution in [0.4, 0.5) is 38.0 Å². The molecular weight excluding hydrogens is 622 g/mol. The van der Waals surface area contributed by atoms with Gasteiger partial charge in [0.1, 0.15) is 11.3 Å². The maximum absolute atomic E-state index is 11.8. The third-order valence-corrected chi connectivity index (χ3v) is 7.29. The monoisotopic (exact) mass is 657 g/mol. The maximum atomic E-state index is 11.8. The number of hydrogen-bond donors (Lipinski definition) is 6. The molecule has 0 fully saturated rings. The van der Waals surface area contributed by atoms with Gasteiger partial charge in [0.25, 0.3) is 0 Å². The lowest BCUT2D eigenvalue weighted by Gasteiger charge is -2.22. The van der Waals surface area contributed by atoms with Crippen LogP contribution in [-0.4, -0.2) is 40.5 Å². The van der Waals surface area contributed by atoms with Crippen LogP contribution in [0.15, 0.2) is 115 Å². The zero-order valence-corrected chi connectivity index (χ0v) is 26.5. The number of benzene rings is 5. The Hall–Kier alpha value is -6.85. The number of fused-ring (bicyclic) bond motifs is 4. The van der Waals surface area contributed by atoms with E-state index in [1.54, 1.807) is 9.80 Å². The van der Waals surface area contributed by atoms with Crippen molar-refractivity contribution >= 4 is 70.8 Å². The van der Waals surface area contributed by atoms with Crippen molar-refractivity contribution in [1.29, 1.82) is 0 Å². The quantitative estimate of drug-likeness (QED) is 0.104. The van der Waals surface area contributed by atoms with Crippen LogP contribution in [0.25, 0.3) is 24.3 Å². The molecule has 0 saturated heterocycles. The summed E-state index contributed by atoms with van der Waals surface area (Å²) in [4.78, 5) is 36.9. The number of para-hydroxylation sites is 4. The molecule has 11 heteroatoms. The number of aliphatic hydroxyl groups is 1. The smallest absolute Gasteiger partial charge is 0.339 e. The molecule has 0 bridgehead atoms. The number of nitrogens with zero attached hydrogens (tertiary/aromatic N) is 2. The number of carboxylic acids is 1. The topological polar surface area (TPSA) is 196 Å². The van der Waals surface area contributed by atoms with E-state index < -0.39 is 18.0 Å². The van der Waals surface area contributed by atoms with Crippen molar-refractivity contribution in [2.24, 2.45) is 11.5 Å². The van der Waals surface area contributed by atoms with Gasteiger partial charge in [-0.2, -0.15) is 0 Å². The van der Waals surface area contributed by atoms with Crippen LogP contribution in [0, 0.1) is 0 Å². The molecule has 2 heterocycles. The first-order valence-corrected chi connectivity index (χ1v) is 14.8. The number of aromatic carboxylic acids is 1. The Morgan fingerprint density at radius 3 is 1.10 bits per heavy atom. The van der Waals surface area contributed by atoms with Crippen LogP contribution in [-0.2, 0) is 0 Å². The van der Waals surface area contributed by atoms with Crippen LogP contribution < -0.4 is 27.0 Å². The number of hydrogen-bond acceptors (Lipinski definition) is 6. The van der Waals surface area contributed by atoms with Gasteiger partial charge in [0.05, 0.1) is 22.7 Å². The summed E-state index contributed by atoms with van der Waals surface area (Å²) in [6, 6.07) is 33.7. The standard InChI is InChI=1S/2C15H12N2O.C7H7NO3.CH4O/c2*16-15(18)17-13-7-3-1-5-11(13)9-10-12-6-2-4-8-14(12)17;8-4-1-2-5(7(10)11)6(9)3-4;1-2/h2*1-10H,(H2,16,18);1-3,9H,8H2,(H,10,11);2H,1H3. The fourth-order valence-electron chi connectivity index (χ4n) is 5.15. The van der Waals surface area contributed by atoms with Crippen molar-refractivity contribution < 1.29 is 29.7 Å². The van der Waals surface area contributed by atoms with E-state index in [2.05, 4.69) is 0 Å². The van der Waals surface area contributed by atoms with Gasteiger partial charge in [-0.05, 0) is 58.7 Å². The zero-order chi connectivity index (χ0) is 35.5. The number of carboxylic acid groups (broad SMARTS) is 1. The largest absolute Gasteiger partial charge is 0.507 e. The lowest BCUT2D eigenvalue weighted by Crippen LogP contribution is -2.32. The zero-order valence-electron chi connectivity index (χ0n) is 26.5. The Morgan fingerprint density at radius 1 is 0.531 bits per heavy atom. The first-order chi connectivity index (χ1) is 23.7. The number of phenols is 1. The molecule has 0 spiro atoms. The number of amides is 4. The molecule has 49 heavy (non-hydrogen) atoms. The average Bonchev–Trinajstić information content (AvgIpc) is 3.38. The van der Waals surface area contributed by atoms with Gasteiger partial charge in [-0.3, -0.25) is 9.80 Å². The highest BCUT2D eigenvalue weighted by Gasteiger charge is 2.22. The normalized spacial score (nSPS) is 11.5. The average molecular weight is 658 g/mol. The molecule has 5 aromatic carbocycles. The first-order valence-electron chi connectivity index (χ1n) is 14.8. The number of nitrogen functional groups attached to an aromatic ring is 1. The number of urea groups is 2. The van der Waals surface area contributed by atoms with E-state index in [4.69, 9.17) is 32.5 Å². The Bertz CT molecular complexity index is 1830. The number of primary amides is 2. The second kappa shape index (κ2) is 16.1. The second-order valence-corrected chi connectivity index (χ2v) is 10.3. The molecule has 11 nitrogen and oxygen atoms in total. The number of nitrogens with two attached hydrogens (primary N) is 3. The summed E-state index contributed by atoms with van der Waals surface area (Å²) in [7, 11) is 1.00. The summed E-state index contributed by atoms with van der Waals surface area (Å²) < 4.78 is 0. The van der Waals surface area contributed by atoms with Crippen LogP contribution in [0.5, 0.6) is 5.75 Å². The summed E-state index contributed by atoms with van der Waals surface area (Å²) in [5, 5.41) is 24.5. The van der Waals surface area contributed by atoms with Gasteiger partial charge in [0.15, 0.2) is 0 Å². The van der Waals surface area contributed by atoms with E-state index in [0.29, 0.717) is 5.69 Å². The van der Waals surface area contributed by atoms with E-state index >= 15 is 0 Å². The van der Waals surface area contributed by atoms with E-state index in [0.717, 1.165) is 52.1 Å². The number of carbonyl (C=O) groups is 3. The van der Waals surface area contributed by atoms with Crippen molar-refractivity contribution in [2.45, 2.75) is 0 Å². The van der Waals surface area contributed by atoms with Crippen molar-refractivity contribution in [3.05, 3.63) is 143 Å². The van der Waals surface area contributed by atoms with Crippen molar-refractivity contribution in [2.75, 3.05) is 22.6 Å². The van der Waals surface area contributed by atoms with Gasteiger partial charge >= 0.3 is 18.0 Å². The lowest BCUT2D eigenvalue weighted by atomic mass is 10.1. The Morgan fingerprint density at radius 2 is 0.837 bits per heavy atom. The van der Waals surface area contributed by atoms with Gasteiger partial charge < -0.3 is 32.5 Å². The molecule has 0 atom stereocenters. The highest BCUT2D eigenvalue weighted by molar-refractivity contribution is 6.06. The summed E-state index contributed by atoms with van der Waals surface area (Å²) >= 11 is 0. The van der Waals surface area contributed by atoms with Crippen molar-refractivity contribution in [3.8, 4) is 5.75 Å². The van der Waals surface area contributed by atoms with Crippen molar-refractivity contribution in [1.82, 2.24) is 0 Å². The number of rotatable bonds is 1. The highest BCUT2D eigenvalue weighted by atomic mass is 16.4. The van der Waals surface area contributed by atoms with E-state index in [1.807, 2.05) is 121 Å². The summed E-state index contributed by atoms with van der Waals surface area (Å²) in [6.45, 7) is 0. The molecule has 0 unspecified atom stereocenters. The van der Waals surface area contributed by atoms with Crippen LogP contribution in [0.1, 0.15) is 32.6 Å². The molecule has 2 aliphatic rings. The minimum absolute atomic E-state index is 0.140. The predicted octanol–water partition coefficient (Wildman–Crippen LogP) is 7.06. The molecule has 0 aromatic heterocycles. The Labute approximate surface area is 283 Å². The van der Waals surface area contributed by atoms with Gasteiger partial charge in [-0.25, -0.2) is 14.4 Å². The number of carbonyl (C=O) groups excluding carboxylic acids is 2. The fourth-order valence-corrected chi connectivity index (χ4v) is 5.15. The number of anilines is 5. The summed E-state index contributed by atoms with van der Waals surface area (Å²) in [5.41, 5.74) is 23.7. The first kappa shape index (κ1) is 35.0. The van der Waals surface area contributed by atoms with Gasteiger partial charge in [-0.15, -0.1) is 0 Å². The minimum Gasteiger partial charge on any atom is -0.507 e. The van der Waals surface area contributed by atoms with Crippen LogP contribution in [0.3, 0.4) is 0 Å². The molecule has 5 aromatic rings. The molecule has 7 rings (SSSR count). The molecule has 0 radical (unpaired) electrons. The molecule has 4 amide bonds. The highest BCUT2D eigenvalue weighted by Crippen LogP contribution is 2.37. The lowest BCUT2D eigenvalue weighted by molar-refractivity contribution is 0.0693. The maximum Gasteiger partial charge on any atom is 0.339 e. The molecule has 2 aliphatic heterocycles. The number of aliphatic hydroxyl groups excluding tert-OH is 1. The molecule has 9 N–H and O–H groups in total.